The van der Waals surface area contributed by atoms with Gasteiger partial charge in [0.05, 0.1) is 40.3 Å². The number of rotatable bonds is 7. The van der Waals surface area contributed by atoms with Crippen molar-refractivity contribution in [1.82, 2.24) is 40.1 Å². The molecule has 0 saturated heterocycles. The zero-order chi connectivity index (χ0) is 28.7. The Morgan fingerprint density at radius 3 is 2.66 bits per heavy atom. The molecule has 11 heteroatoms. The van der Waals surface area contributed by atoms with E-state index in [0.717, 1.165) is 27.1 Å². The lowest BCUT2D eigenvalue weighted by atomic mass is 10.00. The minimum absolute atomic E-state index is 0.248. The number of benzene rings is 2. The van der Waals surface area contributed by atoms with E-state index in [1.165, 1.54) is 0 Å². The van der Waals surface area contributed by atoms with Crippen molar-refractivity contribution >= 4 is 32.9 Å². The van der Waals surface area contributed by atoms with E-state index >= 15 is 0 Å². The Morgan fingerprint density at radius 1 is 1.07 bits per heavy atom. The van der Waals surface area contributed by atoms with Crippen LogP contribution in [0.4, 0.5) is 0 Å². The summed E-state index contributed by atoms with van der Waals surface area (Å²) < 4.78 is 10.3. The van der Waals surface area contributed by atoms with E-state index < -0.39 is 5.54 Å². The summed E-state index contributed by atoms with van der Waals surface area (Å²) in [7, 11) is 0. The van der Waals surface area contributed by atoms with Gasteiger partial charge in [-0.3, -0.25) is 4.79 Å². The summed E-state index contributed by atoms with van der Waals surface area (Å²) in [5.41, 5.74) is 4.16. The molecule has 10 nitrogen and oxygen atoms in total. The van der Waals surface area contributed by atoms with Gasteiger partial charge in [0, 0.05) is 15.7 Å². The van der Waals surface area contributed by atoms with Crippen molar-refractivity contribution in [2.24, 2.45) is 0 Å². The molecule has 0 bridgehead atoms. The molecule has 6 rings (SSSR count). The standard InChI is InChI=1S/C30H27BrN8O2/c1-18-13-23(27-19(2)36-39(28(27)33-18)22-11-6-5-7-12-22)29(40)34-30(3,4)25-16-38(37-35-25)17-26-32-15-24(41-26)20-9-8-10-21(31)14-20/h5-16H,17H2,1-4H3,(H,34,40). The Labute approximate surface area is 244 Å². The Balaban J connectivity index is 1.23. The zero-order valence-corrected chi connectivity index (χ0v) is 24.5. The highest BCUT2D eigenvalue weighted by atomic mass is 79.9. The van der Waals surface area contributed by atoms with Crippen molar-refractivity contribution in [3.05, 3.63) is 106 Å². The van der Waals surface area contributed by atoms with E-state index in [2.05, 4.69) is 36.5 Å². The van der Waals surface area contributed by atoms with Crippen molar-refractivity contribution in [3.63, 3.8) is 0 Å². The zero-order valence-electron chi connectivity index (χ0n) is 23.0. The number of carbonyl (C=O) groups is 1. The van der Waals surface area contributed by atoms with Gasteiger partial charge >= 0.3 is 0 Å². The molecule has 4 aromatic heterocycles. The first-order valence-corrected chi connectivity index (χ1v) is 13.8. The van der Waals surface area contributed by atoms with Gasteiger partial charge in [-0.15, -0.1) is 5.10 Å². The normalized spacial score (nSPS) is 11.7. The number of fused-ring (bicyclic) bond motifs is 1. The molecule has 2 aromatic carbocycles. The van der Waals surface area contributed by atoms with Crippen LogP contribution in [0, 0.1) is 13.8 Å². The topological polar surface area (TPSA) is 117 Å². The maximum absolute atomic E-state index is 13.7. The highest BCUT2D eigenvalue weighted by Crippen LogP contribution is 2.27. The molecule has 0 saturated carbocycles. The molecule has 0 fully saturated rings. The number of aryl methyl sites for hydroxylation is 2. The SMILES string of the molecule is Cc1cc(C(=O)NC(C)(C)c2cn(Cc3ncc(-c4cccc(Br)c4)o3)nn2)c2c(C)nn(-c3ccccc3)c2n1. The Hall–Kier alpha value is -4.64. The van der Waals surface area contributed by atoms with Gasteiger partial charge in [0.25, 0.3) is 5.91 Å². The van der Waals surface area contributed by atoms with Gasteiger partial charge < -0.3 is 9.73 Å². The van der Waals surface area contributed by atoms with Gasteiger partial charge in [0.2, 0.25) is 5.89 Å². The molecular formula is C30H27BrN8O2. The number of carbonyl (C=O) groups excluding carboxylic acids is 1. The van der Waals surface area contributed by atoms with Gasteiger partial charge in [-0.2, -0.15) is 5.10 Å². The van der Waals surface area contributed by atoms with Gasteiger partial charge in [-0.1, -0.05) is 51.5 Å². The third-order valence-electron chi connectivity index (χ3n) is 6.75. The second-order valence-electron chi connectivity index (χ2n) is 10.4. The number of aromatic nitrogens is 7. The number of pyridine rings is 1. The average Bonchev–Trinajstić information content (AvgIpc) is 3.69. The molecule has 1 N–H and O–H groups in total. The van der Waals surface area contributed by atoms with Crippen LogP contribution in [0.15, 0.2) is 81.9 Å². The van der Waals surface area contributed by atoms with Crippen molar-refractivity contribution in [2.75, 3.05) is 0 Å². The van der Waals surface area contributed by atoms with Crippen LogP contribution in [-0.4, -0.2) is 40.6 Å². The summed E-state index contributed by atoms with van der Waals surface area (Å²) in [6.45, 7) is 7.84. The maximum atomic E-state index is 13.7. The first-order valence-electron chi connectivity index (χ1n) is 13.0. The van der Waals surface area contributed by atoms with Crippen LogP contribution in [0.5, 0.6) is 0 Å². The fourth-order valence-electron chi connectivity index (χ4n) is 4.72. The van der Waals surface area contributed by atoms with Crippen molar-refractivity contribution in [1.29, 1.82) is 0 Å². The van der Waals surface area contributed by atoms with Crippen LogP contribution >= 0.6 is 15.9 Å². The minimum atomic E-state index is -0.819. The van der Waals surface area contributed by atoms with E-state index in [4.69, 9.17) is 14.5 Å². The number of oxazole rings is 1. The third kappa shape index (κ3) is 5.28. The molecule has 0 aliphatic carbocycles. The number of amides is 1. The Morgan fingerprint density at radius 2 is 1.88 bits per heavy atom. The van der Waals surface area contributed by atoms with E-state index in [9.17, 15) is 4.79 Å². The number of para-hydroxylation sites is 1. The maximum Gasteiger partial charge on any atom is 0.252 e. The summed E-state index contributed by atoms with van der Waals surface area (Å²) >= 11 is 3.48. The first kappa shape index (κ1) is 26.6. The van der Waals surface area contributed by atoms with Crippen molar-refractivity contribution in [3.8, 4) is 17.0 Å². The quantitative estimate of drug-likeness (QED) is 0.244. The lowest BCUT2D eigenvalue weighted by Crippen LogP contribution is -2.41. The van der Waals surface area contributed by atoms with Gasteiger partial charge in [-0.05, 0) is 58.0 Å². The highest BCUT2D eigenvalue weighted by molar-refractivity contribution is 9.10. The molecule has 0 spiro atoms. The average molecular weight is 612 g/mol. The highest BCUT2D eigenvalue weighted by Gasteiger charge is 2.29. The summed E-state index contributed by atoms with van der Waals surface area (Å²) in [5.74, 6) is 0.917. The number of nitrogens with zero attached hydrogens (tertiary/aromatic N) is 7. The number of hydrogen-bond acceptors (Lipinski definition) is 7. The largest absolute Gasteiger partial charge is 0.439 e. The molecule has 41 heavy (non-hydrogen) atoms. The molecular weight excluding hydrogens is 584 g/mol. The van der Waals surface area contributed by atoms with Gasteiger partial charge in [-0.25, -0.2) is 19.3 Å². The van der Waals surface area contributed by atoms with Crippen LogP contribution < -0.4 is 5.32 Å². The number of halogens is 1. The summed E-state index contributed by atoms with van der Waals surface area (Å²) in [6, 6.07) is 19.4. The molecule has 6 aromatic rings. The summed E-state index contributed by atoms with van der Waals surface area (Å²) in [5, 5.41) is 17.1. The molecule has 4 heterocycles. The van der Waals surface area contributed by atoms with Crippen molar-refractivity contribution < 1.29 is 9.21 Å². The van der Waals surface area contributed by atoms with E-state index in [1.54, 1.807) is 27.8 Å². The molecule has 0 radical (unpaired) electrons. The fourth-order valence-corrected chi connectivity index (χ4v) is 5.12. The second-order valence-corrected chi connectivity index (χ2v) is 11.3. The molecule has 0 aliphatic heterocycles. The van der Waals surface area contributed by atoms with E-state index in [0.29, 0.717) is 40.5 Å². The first-order chi connectivity index (χ1) is 19.7. The molecule has 206 valence electrons. The predicted molar refractivity (Wildman–Crippen MR) is 158 cm³/mol. The minimum Gasteiger partial charge on any atom is -0.439 e. The van der Waals surface area contributed by atoms with Gasteiger partial charge in [0.1, 0.15) is 12.2 Å². The van der Waals surface area contributed by atoms with E-state index in [1.807, 2.05) is 82.3 Å². The molecule has 0 atom stereocenters. The molecule has 1 amide bonds. The third-order valence-corrected chi connectivity index (χ3v) is 7.24. The van der Waals surface area contributed by atoms with Gasteiger partial charge in [0.15, 0.2) is 11.4 Å². The molecule has 0 unspecified atom stereocenters. The van der Waals surface area contributed by atoms with Crippen molar-refractivity contribution in [2.45, 2.75) is 39.8 Å². The fraction of sp³-hybridized carbons (Fsp3) is 0.200. The number of nitrogens with one attached hydrogen (secondary N) is 1. The van der Waals surface area contributed by atoms with E-state index in [-0.39, 0.29) is 5.91 Å². The molecule has 0 aliphatic rings. The van der Waals surface area contributed by atoms with Crippen LogP contribution in [0.2, 0.25) is 0 Å². The lowest BCUT2D eigenvalue weighted by molar-refractivity contribution is 0.0911. The van der Waals surface area contributed by atoms with Crippen LogP contribution in [0.3, 0.4) is 0 Å². The predicted octanol–water partition coefficient (Wildman–Crippen LogP) is 5.76. The van der Waals surface area contributed by atoms with Crippen LogP contribution in [0.25, 0.3) is 28.0 Å². The lowest BCUT2D eigenvalue weighted by Gasteiger charge is -2.24. The van der Waals surface area contributed by atoms with Crippen LogP contribution in [0.1, 0.15) is 47.2 Å². The Bertz CT molecular complexity index is 1890. The Kier molecular flexibility index (Phi) is 6.74. The summed E-state index contributed by atoms with van der Waals surface area (Å²) in [6.07, 6.45) is 3.48. The monoisotopic (exact) mass is 610 g/mol. The van der Waals surface area contributed by atoms with Crippen LogP contribution in [-0.2, 0) is 12.1 Å². The summed E-state index contributed by atoms with van der Waals surface area (Å²) in [4.78, 5) is 22.8. The smallest absolute Gasteiger partial charge is 0.252 e. The number of hydrogen-bond donors (Lipinski definition) is 1. The second kappa shape index (κ2) is 10.4.